The molecule has 7 nitrogen and oxygen atoms in total. The normalized spacial score (nSPS) is 19.7. The lowest BCUT2D eigenvalue weighted by atomic mass is 10.0. The Morgan fingerprint density at radius 1 is 1.09 bits per heavy atom. The van der Waals surface area contributed by atoms with Crippen molar-refractivity contribution in [2.24, 2.45) is 0 Å². The summed E-state index contributed by atoms with van der Waals surface area (Å²) in [4.78, 5) is 31.8. The minimum atomic E-state index is -0.302. The quantitative estimate of drug-likeness (QED) is 0.666. The van der Waals surface area contributed by atoms with Crippen LogP contribution in [0.25, 0.3) is 0 Å². The highest BCUT2D eigenvalue weighted by molar-refractivity contribution is 6.33. The van der Waals surface area contributed by atoms with E-state index in [4.69, 9.17) is 11.6 Å². The van der Waals surface area contributed by atoms with E-state index < -0.39 is 0 Å². The molecule has 2 aliphatic heterocycles. The van der Waals surface area contributed by atoms with Crippen LogP contribution >= 0.6 is 11.6 Å². The predicted octanol–water partition coefficient (Wildman–Crippen LogP) is 3.19. The zero-order chi connectivity index (χ0) is 23.5. The van der Waals surface area contributed by atoms with E-state index in [1.54, 1.807) is 28.6 Å². The summed E-state index contributed by atoms with van der Waals surface area (Å²) in [7, 11) is 0. The number of benzene rings is 1. The van der Waals surface area contributed by atoms with Gasteiger partial charge in [0.15, 0.2) is 0 Å². The Hall–Kier alpha value is -2.45. The van der Waals surface area contributed by atoms with Gasteiger partial charge in [-0.25, -0.2) is 9.07 Å². The van der Waals surface area contributed by atoms with E-state index in [1.807, 2.05) is 4.90 Å². The van der Waals surface area contributed by atoms with Gasteiger partial charge in [-0.15, -0.1) is 0 Å². The van der Waals surface area contributed by atoms with E-state index in [2.05, 4.69) is 16.9 Å². The number of piperazine rings is 1. The molecule has 33 heavy (non-hydrogen) atoms. The van der Waals surface area contributed by atoms with E-state index in [9.17, 15) is 14.0 Å². The molecule has 1 aromatic carbocycles. The highest BCUT2D eigenvalue weighted by Crippen LogP contribution is 2.24. The summed E-state index contributed by atoms with van der Waals surface area (Å²) >= 11 is 6.54. The molecule has 2 aromatic rings. The Balaban J connectivity index is 1.35. The highest BCUT2D eigenvalue weighted by atomic mass is 35.5. The van der Waals surface area contributed by atoms with Crippen LogP contribution in [-0.4, -0.2) is 81.6 Å². The van der Waals surface area contributed by atoms with Crippen molar-refractivity contribution < 1.29 is 14.0 Å². The average molecular weight is 476 g/mol. The first-order chi connectivity index (χ1) is 15.8. The van der Waals surface area contributed by atoms with E-state index in [1.165, 1.54) is 18.6 Å². The molecule has 2 saturated heterocycles. The largest absolute Gasteiger partial charge is 0.339 e. The number of hydrogen-bond acceptors (Lipinski definition) is 4. The summed E-state index contributed by atoms with van der Waals surface area (Å²) in [6.45, 7) is 7.89. The van der Waals surface area contributed by atoms with Crippen molar-refractivity contribution in [1.82, 2.24) is 24.5 Å². The number of aromatic nitrogens is 2. The fraction of sp³-hybridized carbons (Fsp3) is 0.542. The van der Waals surface area contributed by atoms with Gasteiger partial charge in [-0.05, 0) is 50.8 Å². The van der Waals surface area contributed by atoms with Crippen LogP contribution in [0.2, 0.25) is 5.15 Å². The van der Waals surface area contributed by atoms with Crippen LogP contribution < -0.4 is 0 Å². The molecule has 0 spiro atoms. The number of carbonyl (C=O) groups excluding carboxylic acids is 2. The first kappa shape index (κ1) is 23.7. The summed E-state index contributed by atoms with van der Waals surface area (Å²) < 4.78 is 14.7. The lowest BCUT2D eigenvalue weighted by Gasteiger charge is -2.38. The molecule has 2 amide bonds. The number of hydrogen-bond donors (Lipinski definition) is 0. The van der Waals surface area contributed by atoms with Crippen LogP contribution in [0.1, 0.15) is 47.8 Å². The van der Waals surface area contributed by atoms with Crippen molar-refractivity contribution in [3.8, 4) is 0 Å². The first-order valence-electron chi connectivity index (χ1n) is 11.6. The van der Waals surface area contributed by atoms with Crippen LogP contribution in [0.3, 0.4) is 0 Å². The maximum atomic E-state index is 13.2. The summed E-state index contributed by atoms with van der Waals surface area (Å²) in [6, 6.07) is 6.44. The molecule has 0 radical (unpaired) electrons. The highest BCUT2D eigenvalue weighted by Gasteiger charge is 2.30. The van der Waals surface area contributed by atoms with Crippen LogP contribution in [0.4, 0.5) is 4.39 Å². The third-order valence-electron chi connectivity index (χ3n) is 6.67. The maximum absolute atomic E-state index is 13.2. The molecule has 178 valence electrons. The van der Waals surface area contributed by atoms with Crippen LogP contribution in [0.15, 0.2) is 24.3 Å². The molecule has 0 bridgehead atoms. The van der Waals surface area contributed by atoms with Gasteiger partial charge in [-0.2, -0.15) is 5.10 Å². The zero-order valence-corrected chi connectivity index (χ0v) is 20.0. The summed E-state index contributed by atoms with van der Waals surface area (Å²) in [5, 5.41) is 4.73. The minimum Gasteiger partial charge on any atom is -0.339 e. The number of piperidine rings is 1. The Bertz CT molecular complexity index is 1000. The topological polar surface area (TPSA) is 61.7 Å². The van der Waals surface area contributed by atoms with E-state index in [-0.39, 0.29) is 17.6 Å². The summed E-state index contributed by atoms with van der Waals surface area (Å²) in [5.41, 5.74) is 1.83. The molecule has 0 saturated carbocycles. The van der Waals surface area contributed by atoms with Gasteiger partial charge in [0, 0.05) is 38.8 Å². The third kappa shape index (κ3) is 5.38. The molecule has 1 unspecified atom stereocenters. The molecule has 4 rings (SSSR count). The maximum Gasteiger partial charge on any atom is 0.258 e. The number of carbonyl (C=O) groups is 2. The zero-order valence-electron chi connectivity index (χ0n) is 19.3. The molecule has 2 aliphatic rings. The van der Waals surface area contributed by atoms with Gasteiger partial charge in [0.2, 0.25) is 5.91 Å². The average Bonchev–Trinajstić information content (AvgIpc) is 3.08. The number of nitrogens with zero attached hydrogens (tertiary/aromatic N) is 5. The SMILES string of the molecule is Cc1nn(Cc2ccc(F)cc2)c(Cl)c1C(=O)N1CCN(CC(=O)N2CCCCC2C)CC1. The minimum absolute atomic E-state index is 0.140. The Kier molecular flexibility index (Phi) is 7.34. The number of likely N-dealkylation sites (tertiary alicyclic amines) is 1. The number of halogens is 2. The smallest absolute Gasteiger partial charge is 0.258 e. The number of aryl methyl sites for hydroxylation is 1. The standard InChI is InChI=1S/C24H31ClFN5O2/c1-17-5-3-4-10-30(17)21(32)16-28-11-13-29(14-12-28)24(33)22-18(2)27-31(23(22)25)15-19-6-8-20(26)9-7-19/h6-9,17H,3-5,10-16H2,1-2H3. The lowest BCUT2D eigenvalue weighted by molar-refractivity contribution is -0.136. The molecule has 3 heterocycles. The Morgan fingerprint density at radius 3 is 2.45 bits per heavy atom. The van der Waals surface area contributed by atoms with Crippen molar-refractivity contribution >= 4 is 23.4 Å². The van der Waals surface area contributed by atoms with Crippen LogP contribution in [0.5, 0.6) is 0 Å². The monoisotopic (exact) mass is 475 g/mol. The molecule has 0 N–H and O–H groups in total. The molecular formula is C24H31ClFN5O2. The van der Waals surface area contributed by atoms with Gasteiger partial charge in [0.1, 0.15) is 11.0 Å². The van der Waals surface area contributed by atoms with Crippen molar-refractivity contribution in [2.45, 2.75) is 45.7 Å². The van der Waals surface area contributed by atoms with Gasteiger partial charge in [-0.1, -0.05) is 23.7 Å². The number of rotatable bonds is 5. The lowest BCUT2D eigenvalue weighted by Crippen LogP contribution is -2.53. The predicted molar refractivity (Wildman–Crippen MR) is 125 cm³/mol. The van der Waals surface area contributed by atoms with E-state index >= 15 is 0 Å². The summed E-state index contributed by atoms with van der Waals surface area (Å²) in [6.07, 6.45) is 3.34. The van der Waals surface area contributed by atoms with Gasteiger partial charge < -0.3 is 9.80 Å². The molecule has 2 fully saturated rings. The first-order valence-corrected chi connectivity index (χ1v) is 12.0. The van der Waals surface area contributed by atoms with Gasteiger partial charge in [-0.3, -0.25) is 14.5 Å². The van der Waals surface area contributed by atoms with Gasteiger partial charge >= 0.3 is 0 Å². The Morgan fingerprint density at radius 2 is 1.79 bits per heavy atom. The van der Waals surface area contributed by atoms with Crippen LogP contribution in [0, 0.1) is 12.7 Å². The molecule has 0 aliphatic carbocycles. The fourth-order valence-corrected chi connectivity index (χ4v) is 5.00. The molecule has 9 heteroatoms. The van der Waals surface area contributed by atoms with Crippen LogP contribution in [-0.2, 0) is 11.3 Å². The van der Waals surface area contributed by atoms with E-state index in [0.717, 1.165) is 24.9 Å². The third-order valence-corrected chi connectivity index (χ3v) is 7.05. The fourth-order valence-electron chi connectivity index (χ4n) is 4.68. The second-order valence-corrected chi connectivity index (χ2v) is 9.39. The van der Waals surface area contributed by atoms with Crippen molar-refractivity contribution in [3.05, 3.63) is 52.1 Å². The second-order valence-electron chi connectivity index (χ2n) is 9.04. The molecular weight excluding hydrogens is 445 g/mol. The Labute approximate surface area is 199 Å². The van der Waals surface area contributed by atoms with Gasteiger partial charge in [0.25, 0.3) is 5.91 Å². The summed E-state index contributed by atoms with van der Waals surface area (Å²) in [5.74, 6) is -0.259. The number of amides is 2. The van der Waals surface area contributed by atoms with E-state index in [0.29, 0.717) is 61.7 Å². The molecule has 1 atom stereocenters. The van der Waals surface area contributed by atoms with Crippen molar-refractivity contribution in [3.63, 3.8) is 0 Å². The van der Waals surface area contributed by atoms with Crippen molar-refractivity contribution in [2.75, 3.05) is 39.3 Å². The molecule has 1 aromatic heterocycles. The van der Waals surface area contributed by atoms with Crippen molar-refractivity contribution in [1.29, 1.82) is 0 Å². The van der Waals surface area contributed by atoms with Gasteiger partial charge in [0.05, 0.1) is 24.3 Å². The second kappa shape index (κ2) is 10.2.